The maximum atomic E-state index is 12.8. The van der Waals surface area contributed by atoms with Crippen molar-refractivity contribution >= 4 is 16.0 Å². The zero-order chi connectivity index (χ0) is 18.9. The Morgan fingerprint density at radius 3 is 2.58 bits per heavy atom. The number of aryl methyl sites for hydroxylation is 3. The first-order valence-corrected chi connectivity index (χ1v) is 10.1. The summed E-state index contributed by atoms with van der Waals surface area (Å²) in [5, 5.41) is 0. The third-order valence-corrected chi connectivity index (χ3v) is 6.42. The minimum atomic E-state index is -3.76. The second kappa shape index (κ2) is 7.21. The fraction of sp³-hybridized carbons (Fsp3) is 0.350. The van der Waals surface area contributed by atoms with Gasteiger partial charge in [-0.1, -0.05) is 24.3 Å². The smallest absolute Gasteiger partial charge is 0.338 e. The van der Waals surface area contributed by atoms with Gasteiger partial charge >= 0.3 is 5.97 Å². The molecule has 6 heteroatoms. The molecule has 0 amide bonds. The van der Waals surface area contributed by atoms with Crippen molar-refractivity contribution in [2.45, 2.75) is 44.0 Å². The Bertz CT molecular complexity index is 950. The number of hydrogen-bond acceptors (Lipinski definition) is 4. The van der Waals surface area contributed by atoms with E-state index in [4.69, 9.17) is 4.74 Å². The van der Waals surface area contributed by atoms with Crippen LogP contribution in [-0.4, -0.2) is 21.5 Å². The first-order valence-electron chi connectivity index (χ1n) is 8.65. The van der Waals surface area contributed by atoms with Crippen LogP contribution >= 0.6 is 0 Å². The summed E-state index contributed by atoms with van der Waals surface area (Å²) in [6, 6.07) is 10.3. The van der Waals surface area contributed by atoms with E-state index in [1.807, 2.05) is 13.0 Å². The highest BCUT2D eigenvalue weighted by Crippen LogP contribution is 2.26. The van der Waals surface area contributed by atoms with Crippen molar-refractivity contribution in [3.63, 3.8) is 0 Å². The molecule has 138 valence electrons. The van der Waals surface area contributed by atoms with Crippen LogP contribution in [0.4, 0.5) is 0 Å². The van der Waals surface area contributed by atoms with Crippen LogP contribution in [0, 0.1) is 6.92 Å². The normalized spacial score (nSPS) is 14.7. The van der Waals surface area contributed by atoms with Crippen molar-refractivity contribution < 1.29 is 17.9 Å². The number of carbonyl (C=O) groups excluding carboxylic acids is 1. The summed E-state index contributed by atoms with van der Waals surface area (Å²) in [5.41, 5.74) is 4.51. The van der Waals surface area contributed by atoms with Gasteiger partial charge in [0.15, 0.2) is 0 Å². The fourth-order valence-electron chi connectivity index (χ4n) is 3.33. The predicted molar refractivity (Wildman–Crippen MR) is 99.7 cm³/mol. The fourth-order valence-corrected chi connectivity index (χ4v) is 4.59. The Morgan fingerprint density at radius 1 is 1.12 bits per heavy atom. The molecule has 0 heterocycles. The third kappa shape index (κ3) is 3.66. The Kier molecular flexibility index (Phi) is 5.16. The monoisotopic (exact) mass is 373 g/mol. The number of ether oxygens (including phenoxy) is 1. The Balaban J connectivity index is 1.85. The number of benzene rings is 2. The van der Waals surface area contributed by atoms with Gasteiger partial charge in [-0.05, 0) is 67.5 Å². The van der Waals surface area contributed by atoms with Gasteiger partial charge in [-0.15, -0.1) is 0 Å². The average Bonchev–Trinajstić information content (AvgIpc) is 3.08. The quantitative estimate of drug-likeness (QED) is 0.816. The predicted octanol–water partition coefficient (Wildman–Crippen LogP) is 3.31. The van der Waals surface area contributed by atoms with Gasteiger partial charge < -0.3 is 4.74 Å². The molecule has 2 aromatic carbocycles. The van der Waals surface area contributed by atoms with Crippen molar-refractivity contribution in [1.82, 2.24) is 4.72 Å². The van der Waals surface area contributed by atoms with Gasteiger partial charge in [0.05, 0.1) is 17.6 Å². The highest BCUT2D eigenvalue weighted by molar-refractivity contribution is 7.89. The van der Waals surface area contributed by atoms with E-state index < -0.39 is 16.0 Å². The molecule has 0 aliphatic heterocycles. The van der Waals surface area contributed by atoms with E-state index in [2.05, 4.69) is 16.9 Å². The first-order chi connectivity index (χ1) is 12.3. The van der Waals surface area contributed by atoms with Crippen LogP contribution in [-0.2, 0) is 27.6 Å². The molecular formula is C20H23NO4S. The van der Waals surface area contributed by atoms with Gasteiger partial charge in [-0.3, -0.25) is 0 Å². The first kappa shape index (κ1) is 18.6. The van der Waals surface area contributed by atoms with Crippen molar-refractivity contribution in [1.29, 1.82) is 0 Å². The highest BCUT2D eigenvalue weighted by atomic mass is 32.2. The number of hydrogen-bond donors (Lipinski definition) is 1. The largest absolute Gasteiger partial charge is 0.465 e. The van der Waals surface area contributed by atoms with Gasteiger partial charge in [-0.25, -0.2) is 17.9 Å². The zero-order valence-electron chi connectivity index (χ0n) is 15.2. The molecule has 0 saturated carbocycles. The number of nitrogens with one attached hydrogen (secondary N) is 1. The van der Waals surface area contributed by atoms with Gasteiger partial charge in [0.2, 0.25) is 10.0 Å². The molecule has 3 rings (SSSR count). The van der Waals surface area contributed by atoms with Crippen LogP contribution in [0.5, 0.6) is 0 Å². The van der Waals surface area contributed by atoms with E-state index in [1.165, 1.54) is 30.4 Å². The van der Waals surface area contributed by atoms with Crippen LogP contribution in [0.1, 0.15) is 52.0 Å². The summed E-state index contributed by atoms with van der Waals surface area (Å²) in [7, 11) is -2.49. The molecule has 1 N–H and O–H groups in total. The zero-order valence-corrected chi connectivity index (χ0v) is 16.0. The summed E-state index contributed by atoms with van der Waals surface area (Å²) in [5.74, 6) is -0.550. The highest BCUT2D eigenvalue weighted by Gasteiger charge is 2.22. The van der Waals surface area contributed by atoms with Crippen LogP contribution in [0.15, 0.2) is 41.3 Å². The van der Waals surface area contributed by atoms with E-state index in [1.54, 1.807) is 13.0 Å². The molecule has 0 aromatic heterocycles. The summed E-state index contributed by atoms with van der Waals surface area (Å²) >= 11 is 0. The summed E-state index contributed by atoms with van der Waals surface area (Å²) in [6.07, 6.45) is 3.29. The molecule has 5 nitrogen and oxygen atoms in total. The number of rotatable bonds is 5. The van der Waals surface area contributed by atoms with Crippen LogP contribution in [0.25, 0.3) is 0 Å². The standard InChI is InChI=1S/C20H23NO4S/c1-13-7-10-18(12-19(13)20(22)25-3)26(23,24)21-14(2)16-9-8-15-5-4-6-17(15)11-16/h7-12,14,21H,4-6H2,1-3H3. The maximum Gasteiger partial charge on any atom is 0.338 e. The molecule has 1 unspecified atom stereocenters. The number of carbonyl (C=O) groups is 1. The summed E-state index contributed by atoms with van der Waals surface area (Å²) in [6.45, 7) is 3.56. The molecule has 0 radical (unpaired) electrons. The minimum Gasteiger partial charge on any atom is -0.465 e. The summed E-state index contributed by atoms with van der Waals surface area (Å²) < 4.78 is 32.9. The van der Waals surface area contributed by atoms with Gasteiger partial charge in [0.25, 0.3) is 0 Å². The second-order valence-electron chi connectivity index (χ2n) is 6.69. The van der Waals surface area contributed by atoms with E-state index in [9.17, 15) is 13.2 Å². The van der Waals surface area contributed by atoms with Gasteiger partial charge in [0, 0.05) is 6.04 Å². The maximum absolute atomic E-state index is 12.8. The molecule has 0 fully saturated rings. The molecule has 0 spiro atoms. The van der Waals surface area contributed by atoms with E-state index in [-0.39, 0.29) is 16.5 Å². The lowest BCUT2D eigenvalue weighted by Crippen LogP contribution is -2.27. The average molecular weight is 373 g/mol. The van der Waals surface area contributed by atoms with Crippen molar-refractivity contribution in [2.75, 3.05) is 7.11 Å². The Hall–Kier alpha value is -2.18. The molecule has 1 aliphatic carbocycles. The lowest BCUT2D eigenvalue weighted by atomic mass is 10.0. The molecule has 1 aliphatic rings. The topological polar surface area (TPSA) is 72.5 Å². The third-order valence-electron chi connectivity index (χ3n) is 4.88. The number of methoxy groups -OCH3 is 1. The van der Waals surface area contributed by atoms with Crippen LogP contribution in [0.2, 0.25) is 0 Å². The Labute approximate surface area is 154 Å². The van der Waals surface area contributed by atoms with E-state index in [0.29, 0.717) is 5.56 Å². The Morgan fingerprint density at radius 2 is 1.85 bits per heavy atom. The van der Waals surface area contributed by atoms with E-state index >= 15 is 0 Å². The minimum absolute atomic E-state index is 0.0523. The number of esters is 1. The van der Waals surface area contributed by atoms with Crippen LogP contribution in [0.3, 0.4) is 0 Å². The van der Waals surface area contributed by atoms with Gasteiger partial charge in [0.1, 0.15) is 0 Å². The summed E-state index contributed by atoms with van der Waals surface area (Å²) in [4.78, 5) is 11.9. The second-order valence-corrected chi connectivity index (χ2v) is 8.41. The lowest BCUT2D eigenvalue weighted by Gasteiger charge is -2.16. The number of fused-ring (bicyclic) bond motifs is 1. The van der Waals surface area contributed by atoms with Crippen molar-refractivity contribution in [3.05, 3.63) is 64.2 Å². The molecule has 0 saturated heterocycles. The van der Waals surface area contributed by atoms with Gasteiger partial charge in [-0.2, -0.15) is 0 Å². The molecule has 1 atom stereocenters. The van der Waals surface area contributed by atoms with Crippen LogP contribution < -0.4 is 4.72 Å². The number of sulfonamides is 1. The van der Waals surface area contributed by atoms with Crippen molar-refractivity contribution in [3.8, 4) is 0 Å². The molecule has 0 bridgehead atoms. The SMILES string of the molecule is COC(=O)c1cc(S(=O)(=O)NC(C)c2ccc3c(c2)CCC3)ccc1C. The molecule has 2 aromatic rings. The lowest BCUT2D eigenvalue weighted by molar-refractivity contribution is 0.0599. The van der Waals surface area contributed by atoms with Crippen molar-refractivity contribution in [2.24, 2.45) is 0 Å². The molecule has 26 heavy (non-hydrogen) atoms. The molecular weight excluding hydrogens is 350 g/mol. The van der Waals surface area contributed by atoms with E-state index in [0.717, 1.165) is 24.8 Å².